The predicted octanol–water partition coefficient (Wildman–Crippen LogP) is 6.33. The van der Waals surface area contributed by atoms with Crippen LogP contribution in [0.5, 0.6) is 0 Å². The standard InChI is InChI=1S/C20H13BrCl2N2O2/c1-10-6-11(2)17-13(7-10)20(26)27-19(24-17)16-8-12(21)9-25(16)18-14(22)4-3-5-15(18)23/h3-9H,1-2H3. The largest absolute Gasteiger partial charge is 0.401 e. The van der Waals surface area contributed by atoms with Crippen LogP contribution in [0.2, 0.25) is 10.0 Å². The molecule has 0 spiro atoms. The molecule has 0 amide bonds. The van der Waals surface area contributed by atoms with Crippen LogP contribution in [0, 0.1) is 13.8 Å². The Hall–Kier alpha value is -2.08. The lowest BCUT2D eigenvalue weighted by atomic mass is 10.1. The molecule has 2 aromatic heterocycles. The van der Waals surface area contributed by atoms with Gasteiger partial charge in [-0.3, -0.25) is 0 Å². The molecule has 0 saturated heterocycles. The van der Waals surface area contributed by atoms with Crippen molar-refractivity contribution in [1.82, 2.24) is 9.55 Å². The first-order valence-corrected chi connectivity index (χ1v) is 9.65. The summed E-state index contributed by atoms with van der Waals surface area (Å²) in [5, 5.41) is 1.41. The molecule has 0 unspecified atom stereocenters. The fourth-order valence-electron chi connectivity index (χ4n) is 3.14. The summed E-state index contributed by atoms with van der Waals surface area (Å²) in [6.07, 6.45) is 1.80. The molecule has 4 nitrogen and oxygen atoms in total. The normalized spacial score (nSPS) is 11.3. The second kappa shape index (κ2) is 6.82. The van der Waals surface area contributed by atoms with Gasteiger partial charge >= 0.3 is 5.63 Å². The molecule has 4 aromatic rings. The summed E-state index contributed by atoms with van der Waals surface area (Å²) in [4.78, 5) is 17.2. The van der Waals surface area contributed by atoms with E-state index in [-0.39, 0.29) is 5.89 Å². The van der Waals surface area contributed by atoms with E-state index in [0.29, 0.717) is 32.3 Å². The van der Waals surface area contributed by atoms with E-state index in [9.17, 15) is 4.79 Å². The first kappa shape index (κ1) is 18.3. The number of hydrogen-bond donors (Lipinski definition) is 0. The van der Waals surface area contributed by atoms with Crippen LogP contribution in [0.4, 0.5) is 0 Å². The number of nitrogens with zero attached hydrogens (tertiary/aromatic N) is 2. The molecule has 136 valence electrons. The average molecular weight is 464 g/mol. The Morgan fingerprint density at radius 1 is 1.11 bits per heavy atom. The predicted molar refractivity (Wildman–Crippen MR) is 112 cm³/mol. The van der Waals surface area contributed by atoms with E-state index >= 15 is 0 Å². The Balaban J connectivity index is 2.02. The van der Waals surface area contributed by atoms with Crippen LogP contribution in [0.25, 0.3) is 28.2 Å². The van der Waals surface area contributed by atoms with E-state index < -0.39 is 5.63 Å². The summed E-state index contributed by atoms with van der Waals surface area (Å²) < 4.78 is 8.08. The van der Waals surface area contributed by atoms with Gasteiger partial charge in [0, 0.05) is 10.7 Å². The third-order valence-corrected chi connectivity index (χ3v) is 5.30. The molecule has 2 heterocycles. The monoisotopic (exact) mass is 462 g/mol. The van der Waals surface area contributed by atoms with E-state index in [1.165, 1.54) is 0 Å². The van der Waals surface area contributed by atoms with Crippen LogP contribution in [0.3, 0.4) is 0 Å². The van der Waals surface area contributed by atoms with Crippen molar-refractivity contribution in [3.05, 3.63) is 78.7 Å². The summed E-state index contributed by atoms with van der Waals surface area (Å²) >= 11 is 16.2. The number of aromatic nitrogens is 2. The Labute approximate surface area is 173 Å². The fourth-order valence-corrected chi connectivity index (χ4v) is 4.14. The Bertz CT molecular complexity index is 1240. The topological polar surface area (TPSA) is 48.0 Å². The Morgan fingerprint density at radius 2 is 1.81 bits per heavy atom. The minimum absolute atomic E-state index is 0.195. The van der Waals surface area contributed by atoms with Crippen LogP contribution in [-0.4, -0.2) is 9.55 Å². The molecule has 2 aromatic carbocycles. The van der Waals surface area contributed by atoms with Crippen LogP contribution < -0.4 is 5.63 Å². The van der Waals surface area contributed by atoms with Crippen LogP contribution in [0.1, 0.15) is 11.1 Å². The molecule has 0 saturated carbocycles. The molecule has 0 aliphatic heterocycles. The summed E-state index contributed by atoms with van der Waals surface area (Å²) in [7, 11) is 0. The van der Waals surface area contributed by atoms with Gasteiger partial charge in [-0.2, -0.15) is 0 Å². The highest BCUT2D eigenvalue weighted by atomic mass is 79.9. The summed E-state index contributed by atoms with van der Waals surface area (Å²) in [5.74, 6) is 0.195. The van der Waals surface area contributed by atoms with Gasteiger partial charge in [-0.25, -0.2) is 9.78 Å². The first-order valence-electron chi connectivity index (χ1n) is 8.10. The van der Waals surface area contributed by atoms with E-state index in [0.717, 1.165) is 15.6 Å². The molecule has 0 atom stereocenters. The molecule has 0 aliphatic carbocycles. The number of aryl methyl sites for hydroxylation is 2. The van der Waals surface area contributed by atoms with Gasteiger partial charge in [0.2, 0.25) is 5.89 Å². The van der Waals surface area contributed by atoms with Gasteiger partial charge in [0.05, 0.1) is 26.6 Å². The number of para-hydroxylation sites is 1. The van der Waals surface area contributed by atoms with Gasteiger partial charge in [0.1, 0.15) is 5.69 Å². The zero-order valence-electron chi connectivity index (χ0n) is 14.4. The SMILES string of the molecule is Cc1cc(C)c2nc(-c3cc(Br)cn3-c3c(Cl)cccc3Cl)oc(=O)c2c1. The second-order valence-electron chi connectivity index (χ2n) is 6.27. The van der Waals surface area contributed by atoms with Crippen molar-refractivity contribution in [2.45, 2.75) is 13.8 Å². The molecule has 0 radical (unpaired) electrons. The number of fused-ring (bicyclic) bond motifs is 1. The highest BCUT2D eigenvalue weighted by Crippen LogP contribution is 2.35. The van der Waals surface area contributed by atoms with Crippen molar-refractivity contribution in [2.75, 3.05) is 0 Å². The quantitative estimate of drug-likeness (QED) is 0.348. The van der Waals surface area contributed by atoms with E-state index in [4.69, 9.17) is 27.6 Å². The van der Waals surface area contributed by atoms with E-state index in [1.54, 1.807) is 41.1 Å². The van der Waals surface area contributed by atoms with Gasteiger partial charge in [-0.15, -0.1) is 0 Å². The molecule has 0 aliphatic rings. The lowest BCUT2D eigenvalue weighted by molar-refractivity contribution is 0.515. The van der Waals surface area contributed by atoms with Crippen molar-refractivity contribution >= 4 is 50.0 Å². The summed E-state index contributed by atoms with van der Waals surface area (Å²) in [6, 6.07) is 10.8. The Morgan fingerprint density at radius 3 is 2.52 bits per heavy atom. The molecule has 0 N–H and O–H groups in total. The summed E-state index contributed by atoms with van der Waals surface area (Å²) in [5.41, 5.74) is 3.22. The van der Waals surface area contributed by atoms with Crippen molar-refractivity contribution in [3.8, 4) is 17.3 Å². The summed E-state index contributed by atoms with van der Waals surface area (Å²) in [6.45, 7) is 3.85. The van der Waals surface area contributed by atoms with Crippen molar-refractivity contribution < 1.29 is 4.42 Å². The number of benzene rings is 2. The highest BCUT2D eigenvalue weighted by molar-refractivity contribution is 9.10. The lowest BCUT2D eigenvalue weighted by Crippen LogP contribution is -2.06. The maximum absolute atomic E-state index is 12.6. The molecule has 4 rings (SSSR count). The zero-order valence-corrected chi connectivity index (χ0v) is 17.5. The maximum atomic E-state index is 12.6. The lowest BCUT2D eigenvalue weighted by Gasteiger charge is -2.12. The van der Waals surface area contributed by atoms with Crippen LogP contribution in [0.15, 0.2) is 56.3 Å². The molecular weight excluding hydrogens is 451 g/mol. The van der Waals surface area contributed by atoms with Crippen molar-refractivity contribution in [3.63, 3.8) is 0 Å². The van der Waals surface area contributed by atoms with Gasteiger partial charge in [-0.1, -0.05) is 35.3 Å². The molecule has 0 bridgehead atoms. The molecule has 27 heavy (non-hydrogen) atoms. The smallest absolute Gasteiger partial charge is 0.347 e. The molecular formula is C20H13BrCl2N2O2. The third kappa shape index (κ3) is 3.20. The minimum Gasteiger partial charge on any atom is -0.401 e. The van der Waals surface area contributed by atoms with Gasteiger partial charge in [-0.05, 0) is 65.2 Å². The van der Waals surface area contributed by atoms with Crippen LogP contribution >= 0.6 is 39.1 Å². The van der Waals surface area contributed by atoms with Crippen molar-refractivity contribution in [1.29, 1.82) is 0 Å². The third-order valence-electron chi connectivity index (χ3n) is 4.25. The van der Waals surface area contributed by atoms with E-state index in [2.05, 4.69) is 20.9 Å². The zero-order chi connectivity index (χ0) is 19.3. The fraction of sp³-hybridized carbons (Fsp3) is 0.100. The maximum Gasteiger partial charge on any atom is 0.347 e. The number of rotatable bonds is 2. The number of hydrogen-bond acceptors (Lipinski definition) is 3. The average Bonchev–Trinajstić information content (AvgIpc) is 2.97. The Kier molecular flexibility index (Phi) is 4.62. The number of halogens is 3. The van der Waals surface area contributed by atoms with E-state index in [1.807, 2.05) is 19.9 Å². The van der Waals surface area contributed by atoms with Gasteiger partial charge < -0.3 is 8.98 Å². The van der Waals surface area contributed by atoms with Crippen LogP contribution in [-0.2, 0) is 0 Å². The molecule has 7 heteroatoms. The highest BCUT2D eigenvalue weighted by Gasteiger charge is 2.19. The first-order chi connectivity index (χ1) is 12.8. The molecule has 0 fully saturated rings. The second-order valence-corrected chi connectivity index (χ2v) is 8.00. The van der Waals surface area contributed by atoms with Crippen molar-refractivity contribution in [2.24, 2.45) is 0 Å². The van der Waals surface area contributed by atoms with Gasteiger partial charge in [0.15, 0.2) is 0 Å². The minimum atomic E-state index is -0.434. The van der Waals surface area contributed by atoms with Gasteiger partial charge in [0.25, 0.3) is 0 Å².